The molecule has 0 bridgehead atoms. The largest absolute Gasteiger partial charge is 0.491 e. The number of ether oxygens (including phenoxy) is 1. The van der Waals surface area contributed by atoms with Gasteiger partial charge in [-0.1, -0.05) is 73.2 Å². The van der Waals surface area contributed by atoms with Crippen LogP contribution in [0.5, 0.6) is 5.75 Å². The van der Waals surface area contributed by atoms with Crippen LogP contribution in [0.4, 0.5) is 13.2 Å². The Morgan fingerprint density at radius 2 is 1.48 bits per heavy atom. The lowest BCUT2D eigenvalue weighted by Gasteiger charge is -2.15. The molecule has 0 heterocycles. The van der Waals surface area contributed by atoms with E-state index < -0.39 is 24.1 Å². The van der Waals surface area contributed by atoms with Gasteiger partial charge in [-0.25, -0.2) is 8.78 Å². The van der Waals surface area contributed by atoms with Crippen LogP contribution >= 0.6 is 0 Å². The molecular weight excluding hydrogens is 421 g/mol. The molecule has 4 rings (SSSR count). The fraction of sp³-hybridized carbons (Fsp3) is 0.241. The van der Waals surface area contributed by atoms with Crippen molar-refractivity contribution in [2.24, 2.45) is 0 Å². The van der Waals surface area contributed by atoms with Crippen molar-refractivity contribution >= 4 is 10.8 Å². The van der Waals surface area contributed by atoms with Crippen LogP contribution in [0.15, 0.2) is 78.9 Å². The van der Waals surface area contributed by atoms with E-state index in [0.717, 1.165) is 31.2 Å². The van der Waals surface area contributed by atoms with Crippen LogP contribution in [0, 0.1) is 11.6 Å². The zero-order valence-corrected chi connectivity index (χ0v) is 18.7. The fourth-order valence-electron chi connectivity index (χ4n) is 4.42. The number of rotatable bonds is 9. The maximum absolute atomic E-state index is 14.0. The SMILES string of the molecule is COc1c(F)cc(-c2ccc(C(CF)CCCCc3cccc4ccccc34)cc2)cc1F. The Balaban J connectivity index is 1.38. The van der Waals surface area contributed by atoms with E-state index in [4.69, 9.17) is 4.74 Å². The molecule has 0 spiro atoms. The molecule has 0 saturated carbocycles. The predicted octanol–water partition coefficient (Wildman–Crippen LogP) is 8.26. The Morgan fingerprint density at radius 3 is 2.18 bits per heavy atom. The summed E-state index contributed by atoms with van der Waals surface area (Å²) >= 11 is 0. The van der Waals surface area contributed by atoms with Gasteiger partial charge in [0.25, 0.3) is 0 Å². The highest BCUT2D eigenvalue weighted by atomic mass is 19.1. The number of fused-ring (bicyclic) bond motifs is 1. The number of aryl methyl sites for hydroxylation is 1. The second kappa shape index (κ2) is 10.6. The first-order valence-corrected chi connectivity index (χ1v) is 11.3. The minimum Gasteiger partial charge on any atom is -0.491 e. The van der Waals surface area contributed by atoms with Gasteiger partial charge >= 0.3 is 0 Å². The third-order valence-corrected chi connectivity index (χ3v) is 6.23. The molecule has 0 saturated heterocycles. The van der Waals surface area contributed by atoms with E-state index in [9.17, 15) is 13.2 Å². The van der Waals surface area contributed by atoms with Gasteiger partial charge < -0.3 is 4.74 Å². The molecule has 1 atom stereocenters. The van der Waals surface area contributed by atoms with Gasteiger partial charge in [0, 0.05) is 5.92 Å². The molecule has 4 aromatic carbocycles. The van der Waals surface area contributed by atoms with Gasteiger partial charge in [0.1, 0.15) is 0 Å². The summed E-state index contributed by atoms with van der Waals surface area (Å²) in [6.07, 6.45) is 3.64. The molecule has 0 amide bonds. The highest BCUT2D eigenvalue weighted by molar-refractivity contribution is 5.85. The van der Waals surface area contributed by atoms with E-state index in [-0.39, 0.29) is 5.92 Å². The summed E-state index contributed by atoms with van der Waals surface area (Å²) < 4.78 is 46.6. The van der Waals surface area contributed by atoms with Crippen molar-refractivity contribution < 1.29 is 17.9 Å². The monoisotopic (exact) mass is 448 g/mol. The van der Waals surface area contributed by atoms with Crippen LogP contribution in [0.1, 0.15) is 36.3 Å². The summed E-state index contributed by atoms with van der Waals surface area (Å²) in [6.45, 7) is -0.431. The van der Waals surface area contributed by atoms with E-state index >= 15 is 0 Å². The molecule has 0 aliphatic heterocycles. The van der Waals surface area contributed by atoms with Gasteiger partial charge in [-0.05, 0) is 64.4 Å². The molecule has 33 heavy (non-hydrogen) atoms. The second-order valence-electron chi connectivity index (χ2n) is 8.33. The molecule has 4 aromatic rings. The number of methoxy groups -OCH3 is 1. The molecule has 0 aromatic heterocycles. The van der Waals surface area contributed by atoms with Crippen molar-refractivity contribution in [2.75, 3.05) is 13.8 Å². The molecular formula is C29H27F3O. The van der Waals surface area contributed by atoms with E-state index in [1.54, 1.807) is 12.1 Å². The van der Waals surface area contributed by atoms with Crippen LogP contribution in [-0.4, -0.2) is 13.8 Å². The molecule has 1 nitrogen and oxygen atoms in total. The quantitative estimate of drug-likeness (QED) is 0.234. The number of alkyl halides is 1. The maximum atomic E-state index is 14.0. The van der Waals surface area contributed by atoms with Crippen LogP contribution in [0.25, 0.3) is 21.9 Å². The van der Waals surface area contributed by atoms with Crippen molar-refractivity contribution in [1.29, 1.82) is 0 Å². The first-order chi connectivity index (χ1) is 16.1. The number of hydrogen-bond donors (Lipinski definition) is 0. The Labute approximate surface area is 192 Å². The number of benzene rings is 4. The first kappa shape index (κ1) is 22.9. The lowest BCUT2D eigenvalue weighted by molar-refractivity contribution is 0.360. The van der Waals surface area contributed by atoms with Crippen molar-refractivity contribution in [1.82, 2.24) is 0 Å². The fourth-order valence-corrected chi connectivity index (χ4v) is 4.42. The third-order valence-electron chi connectivity index (χ3n) is 6.23. The molecule has 0 aliphatic rings. The summed E-state index contributed by atoms with van der Waals surface area (Å²) in [7, 11) is 1.23. The Kier molecular flexibility index (Phi) is 7.33. The molecule has 4 heteroatoms. The zero-order chi connectivity index (χ0) is 23.2. The van der Waals surface area contributed by atoms with Crippen LogP contribution < -0.4 is 4.74 Å². The molecule has 170 valence electrons. The number of halogens is 3. The first-order valence-electron chi connectivity index (χ1n) is 11.3. The van der Waals surface area contributed by atoms with Gasteiger partial charge in [0.15, 0.2) is 17.4 Å². The summed E-state index contributed by atoms with van der Waals surface area (Å²) in [5, 5.41) is 2.53. The standard InChI is InChI=1S/C29H27F3O/c1-33-29-27(31)17-25(18-28(29)32)21-15-13-20(14-16-21)24(19-30)9-3-2-7-22-10-6-11-23-8-4-5-12-26(22)23/h4-6,8,10-18,24H,2-3,7,9,19H2,1H3. The average Bonchev–Trinajstić information content (AvgIpc) is 2.84. The van der Waals surface area contributed by atoms with Crippen LogP contribution in [0.3, 0.4) is 0 Å². The maximum Gasteiger partial charge on any atom is 0.190 e. The number of unbranched alkanes of at least 4 members (excludes halogenated alkanes) is 1. The predicted molar refractivity (Wildman–Crippen MR) is 129 cm³/mol. The number of hydrogen-bond acceptors (Lipinski definition) is 1. The third kappa shape index (κ3) is 5.22. The van der Waals surface area contributed by atoms with Crippen molar-refractivity contribution in [3.63, 3.8) is 0 Å². The molecule has 0 radical (unpaired) electrons. The lowest BCUT2D eigenvalue weighted by Crippen LogP contribution is -2.02. The Hall–Kier alpha value is -3.27. The van der Waals surface area contributed by atoms with Gasteiger partial charge in [-0.15, -0.1) is 0 Å². The minimum absolute atomic E-state index is 0.184. The Bertz CT molecular complexity index is 1190. The smallest absolute Gasteiger partial charge is 0.190 e. The summed E-state index contributed by atoms with van der Waals surface area (Å²) in [4.78, 5) is 0. The van der Waals surface area contributed by atoms with Crippen molar-refractivity contribution in [3.8, 4) is 16.9 Å². The highest BCUT2D eigenvalue weighted by Gasteiger charge is 2.14. The minimum atomic E-state index is -0.746. The van der Waals surface area contributed by atoms with E-state index in [1.807, 2.05) is 18.2 Å². The van der Waals surface area contributed by atoms with Crippen molar-refractivity contribution in [2.45, 2.75) is 31.6 Å². The van der Waals surface area contributed by atoms with E-state index in [1.165, 1.54) is 35.6 Å². The molecule has 0 fully saturated rings. The Morgan fingerprint density at radius 1 is 0.788 bits per heavy atom. The summed E-state index contributed by atoms with van der Waals surface area (Å²) in [5.74, 6) is -2.07. The normalized spacial score (nSPS) is 12.1. The van der Waals surface area contributed by atoms with Gasteiger partial charge in [0.05, 0.1) is 13.8 Å². The van der Waals surface area contributed by atoms with E-state index in [0.29, 0.717) is 11.1 Å². The van der Waals surface area contributed by atoms with Crippen LogP contribution in [0.2, 0.25) is 0 Å². The second-order valence-corrected chi connectivity index (χ2v) is 8.33. The topological polar surface area (TPSA) is 9.23 Å². The molecule has 0 N–H and O–H groups in total. The van der Waals surface area contributed by atoms with E-state index in [2.05, 4.69) is 36.4 Å². The summed E-state index contributed by atoms with van der Waals surface area (Å²) in [6, 6.07) is 24.5. The van der Waals surface area contributed by atoms with Gasteiger partial charge in [0.2, 0.25) is 0 Å². The summed E-state index contributed by atoms with van der Waals surface area (Å²) in [5.41, 5.74) is 3.33. The van der Waals surface area contributed by atoms with Gasteiger partial charge in [-0.3, -0.25) is 4.39 Å². The van der Waals surface area contributed by atoms with Crippen molar-refractivity contribution in [3.05, 3.63) is 102 Å². The zero-order valence-electron chi connectivity index (χ0n) is 18.7. The molecule has 1 unspecified atom stereocenters. The average molecular weight is 449 g/mol. The van der Waals surface area contributed by atoms with Gasteiger partial charge in [-0.2, -0.15) is 0 Å². The molecule has 0 aliphatic carbocycles. The van der Waals surface area contributed by atoms with Crippen LogP contribution in [-0.2, 0) is 6.42 Å². The highest BCUT2D eigenvalue weighted by Crippen LogP contribution is 2.31. The lowest BCUT2D eigenvalue weighted by atomic mass is 9.91.